The molecule has 14 nitrogen and oxygen atoms in total. The van der Waals surface area contributed by atoms with Crippen molar-refractivity contribution in [1.29, 1.82) is 0 Å². The van der Waals surface area contributed by atoms with E-state index in [2.05, 4.69) is 43.5 Å². The van der Waals surface area contributed by atoms with Gasteiger partial charge in [-0.3, -0.25) is 4.79 Å². The van der Waals surface area contributed by atoms with E-state index in [-0.39, 0.29) is 18.9 Å². The summed E-state index contributed by atoms with van der Waals surface area (Å²) in [5.74, 6) is -0.241. The molecule has 12 atom stereocenters. The highest BCUT2D eigenvalue weighted by molar-refractivity contribution is 5.76. The molecule has 12 unspecified atom stereocenters. The summed E-state index contributed by atoms with van der Waals surface area (Å²) in [6.07, 6.45) is 34.9. The molecule has 1 amide bonds. The summed E-state index contributed by atoms with van der Waals surface area (Å²) >= 11 is 0. The van der Waals surface area contributed by atoms with Crippen molar-refractivity contribution in [1.82, 2.24) is 5.32 Å². The van der Waals surface area contributed by atoms with Gasteiger partial charge in [-0.05, 0) is 51.4 Å². The van der Waals surface area contributed by atoms with Crippen LogP contribution in [0.25, 0.3) is 0 Å². The minimum Gasteiger partial charge on any atom is -0.394 e. The van der Waals surface area contributed by atoms with Crippen LogP contribution < -0.4 is 5.32 Å². The van der Waals surface area contributed by atoms with Gasteiger partial charge in [0.1, 0.15) is 48.8 Å². The van der Waals surface area contributed by atoms with Crippen LogP contribution in [-0.4, -0.2) is 140 Å². The number of nitrogens with one attached hydrogen (secondary N) is 1. The molecule has 71 heavy (non-hydrogen) atoms. The Morgan fingerprint density at radius 3 is 1.41 bits per heavy atom. The van der Waals surface area contributed by atoms with Crippen LogP contribution >= 0.6 is 0 Å². The first-order chi connectivity index (χ1) is 34.6. The molecule has 2 saturated heterocycles. The molecule has 0 radical (unpaired) electrons. The molecule has 0 aromatic rings. The third-order valence-electron chi connectivity index (χ3n) is 14.1. The van der Waals surface area contributed by atoms with Crippen molar-refractivity contribution in [3.63, 3.8) is 0 Å². The SMILES string of the molecule is CCCCCCC/C=C\C/C=C\CCCCCCCCCCCCCCCCCC(=O)NC(COC1OC(CO)C(OC2OC(CO)C(O)C(O)C2O)C(O)C1O)C(O)/C=C/CCCCCCCCCC. The minimum absolute atomic E-state index is 0.241. The smallest absolute Gasteiger partial charge is 0.220 e. The van der Waals surface area contributed by atoms with Gasteiger partial charge in [-0.15, -0.1) is 0 Å². The Hall–Kier alpha value is -1.79. The van der Waals surface area contributed by atoms with E-state index in [1.807, 2.05) is 6.08 Å². The fourth-order valence-electron chi connectivity index (χ4n) is 9.38. The first-order valence-electron chi connectivity index (χ1n) is 28.7. The molecule has 0 spiro atoms. The van der Waals surface area contributed by atoms with Gasteiger partial charge in [0.2, 0.25) is 5.91 Å². The van der Waals surface area contributed by atoms with Gasteiger partial charge >= 0.3 is 0 Å². The lowest BCUT2D eigenvalue weighted by molar-refractivity contribution is -0.359. The molecule has 0 aromatic carbocycles. The number of aliphatic hydroxyl groups is 8. The van der Waals surface area contributed by atoms with Crippen molar-refractivity contribution >= 4 is 5.91 Å². The zero-order chi connectivity index (χ0) is 51.7. The van der Waals surface area contributed by atoms with Crippen molar-refractivity contribution < 1.29 is 64.6 Å². The molecule has 416 valence electrons. The van der Waals surface area contributed by atoms with Crippen LogP contribution in [0.2, 0.25) is 0 Å². The number of hydrogen-bond acceptors (Lipinski definition) is 13. The molecular formula is C57H105NO13. The monoisotopic (exact) mass is 1010 g/mol. The minimum atomic E-state index is -1.79. The maximum Gasteiger partial charge on any atom is 0.220 e. The van der Waals surface area contributed by atoms with Gasteiger partial charge in [0.25, 0.3) is 0 Å². The predicted molar refractivity (Wildman–Crippen MR) is 281 cm³/mol. The van der Waals surface area contributed by atoms with Crippen LogP contribution in [0.1, 0.15) is 226 Å². The maximum absolute atomic E-state index is 13.2. The molecule has 2 aliphatic rings. The van der Waals surface area contributed by atoms with Gasteiger partial charge in [0, 0.05) is 6.42 Å². The lowest BCUT2D eigenvalue weighted by Crippen LogP contribution is -2.65. The van der Waals surface area contributed by atoms with Crippen LogP contribution in [0, 0.1) is 0 Å². The first kappa shape index (κ1) is 65.3. The molecule has 14 heteroatoms. The number of aliphatic hydroxyl groups excluding tert-OH is 8. The number of allylic oxidation sites excluding steroid dienone is 5. The van der Waals surface area contributed by atoms with Gasteiger partial charge in [-0.25, -0.2) is 0 Å². The van der Waals surface area contributed by atoms with E-state index in [9.17, 15) is 45.6 Å². The molecule has 0 aliphatic carbocycles. The molecule has 0 saturated carbocycles. The van der Waals surface area contributed by atoms with Crippen LogP contribution in [0.4, 0.5) is 0 Å². The van der Waals surface area contributed by atoms with Crippen molar-refractivity contribution in [3.8, 4) is 0 Å². The standard InChI is InChI=1S/C57H105NO13/c1-3-5-7-9-11-13-15-16-17-18-19-20-21-22-23-24-25-26-27-28-29-30-31-33-35-37-39-41-49(62)58-45(46(61)40-38-36-34-32-14-12-10-8-6-4-2)44-68-56-54(67)52(65)55(48(43-60)70-56)71-57-53(66)51(64)50(63)47(42-59)69-57/h15-16,18-19,38,40,45-48,50-57,59-61,63-67H,3-14,17,20-37,39,41-44H2,1-2H3,(H,58,62)/b16-15-,19-18-,40-38+. The molecule has 9 N–H and O–H groups in total. The summed E-state index contributed by atoms with van der Waals surface area (Å²) in [5, 5.41) is 86.8. The Kier molecular flexibility index (Phi) is 40.0. The third-order valence-corrected chi connectivity index (χ3v) is 14.1. The summed E-state index contributed by atoms with van der Waals surface area (Å²) in [6.45, 7) is 2.76. The molecule has 2 fully saturated rings. The van der Waals surface area contributed by atoms with Crippen molar-refractivity contribution in [2.45, 2.75) is 299 Å². The summed E-state index contributed by atoms with van der Waals surface area (Å²) in [7, 11) is 0. The average Bonchev–Trinajstić information content (AvgIpc) is 3.37. The van der Waals surface area contributed by atoms with Crippen molar-refractivity contribution in [2.75, 3.05) is 19.8 Å². The van der Waals surface area contributed by atoms with Crippen LogP contribution in [0.15, 0.2) is 36.5 Å². The van der Waals surface area contributed by atoms with E-state index in [0.29, 0.717) is 6.42 Å². The van der Waals surface area contributed by atoms with Gasteiger partial charge in [0.15, 0.2) is 12.6 Å². The number of hydrogen-bond donors (Lipinski definition) is 9. The number of carbonyl (C=O) groups excluding carboxylic acids is 1. The number of unbranched alkanes of at least 4 members (excludes halogenated alkanes) is 28. The van der Waals surface area contributed by atoms with E-state index < -0.39 is 86.8 Å². The quantitative estimate of drug-likeness (QED) is 0.0205. The summed E-state index contributed by atoms with van der Waals surface area (Å²) in [4.78, 5) is 13.2. The first-order valence-corrected chi connectivity index (χ1v) is 28.7. The summed E-state index contributed by atoms with van der Waals surface area (Å²) in [5.41, 5.74) is 0. The largest absolute Gasteiger partial charge is 0.394 e. The molecule has 0 aromatic heterocycles. The van der Waals surface area contributed by atoms with Gasteiger partial charge in [-0.1, -0.05) is 204 Å². The highest BCUT2D eigenvalue weighted by Gasteiger charge is 2.51. The van der Waals surface area contributed by atoms with Crippen LogP contribution in [0.3, 0.4) is 0 Å². The number of carbonyl (C=O) groups is 1. The fraction of sp³-hybridized carbons (Fsp3) is 0.877. The third kappa shape index (κ3) is 29.8. The molecule has 0 bridgehead atoms. The number of rotatable bonds is 45. The lowest BCUT2D eigenvalue weighted by atomic mass is 9.97. The van der Waals surface area contributed by atoms with Crippen LogP contribution in [-0.2, 0) is 23.7 Å². The molecular weight excluding hydrogens is 907 g/mol. The van der Waals surface area contributed by atoms with E-state index in [1.165, 1.54) is 154 Å². The van der Waals surface area contributed by atoms with E-state index >= 15 is 0 Å². The second-order valence-electron chi connectivity index (χ2n) is 20.4. The average molecular weight is 1010 g/mol. The number of amides is 1. The summed E-state index contributed by atoms with van der Waals surface area (Å²) < 4.78 is 22.7. The van der Waals surface area contributed by atoms with Gasteiger partial charge < -0.3 is 65.1 Å². The molecule has 2 aliphatic heterocycles. The van der Waals surface area contributed by atoms with E-state index in [0.717, 1.165) is 44.9 Å². The fourth-order valence-corrected chi connectivity index (χ4v) is 9.38. The second-order valence-corrected chi connectivity index (χ2v) is 20.4. The Bertz CT molecular complexity index is 1330. The molecule has 2 rings (SSSR count). The summed E-state index contributed by atoms with van der Waals surface area (Å²) in [6, 6.07) is -0.911. The van der Waals surface area contributed by atoms with Crippen LogP contribution in [0.5, 0.6) is 0 Å². The van der Waals surface area contributed by atoms with Crippen molar-refractivity contribution in [3.05, 3.63) is 36.5 Å². The van der Waals surface area contributed by atoms with Gasteiger partial charge in [-0.2, -0.15) is 0 Å². The lowest BCUT2D eigenvalue weighted by Gasteiger charge is -2.46. The predicted octanol–water partition coefficient (Wildman–Crippen LogP) is 9.05. The maximum atomic E-state index is 13.2. The molecule has 2 heterocycles. The normalized spacial score (nSPS) is 26.0. The second kappa shape index (κ2) is 43.4. The Morgan fingerprint density at radius 2 is 0.930 bits per heavy atom. The number of ether oxygens (including phenoxy) is 4. The zero-order valence-corrected chi connectivity index (χ0v) is 44.5. The van der Waals surface area contributed by atoms with Crippen molar-refractivity contribution in [2.24, 2.45) is 0 Å². The highest BCUT2D eigenvalue weighted by Crippen LogP contribution is 2.30. The van der Waals surface area contributed by atoms with E-state index in [4.69, 9.17) is 18.9 Å². The highest BCUT2D eigenvalue weighted by atomic mass is 16.7. The Morgan fingerprint density at radius 1 is 0.507 bits per heavy atom. The Labute approximate surface area is 430 Å². The zero-order valence-electron chi connectivity index (χ0n) is 44.5. The topological polar surface area (TPSA) is 228 Å². The van der Waals surface area contributed by atoms with Gasteiger partial charge in [0.05, 0.1) is 32.0 Å². The Balaban J connectivity index is 1.68. The van der Waals surface area contributed by atoms with E-state index in [1.54, 1.807) is 6.08 Å².